The van der Waals surface area contributed by atoms with Crippen LogP contribution in [-0.4, -0.2) is 22.2 Å². The summed E-state index contributed by atoms with van der Waals surface area (Å²) in [6.45, 7) is 6.10. The summed E-state index contributed by atoms with van der Waals surface area (Å²) in [5.41, 5.74) is -0.0832. The molecule has 0 aromatic rings. The first kappa shape index (κ1) is 9.56. The van der Waals surface area contributed by atoms with Crippen molar-refractivity contribution < 1.29 is 9.90 Å². The highest BCUT2D eigenvalue weighted by Crippen LogP contribution is 2.16. The van der Waals surface area contributed by atoms with Crippen molar-refractivity contribution in [2.24, 2.45) is 5.41 Å². The number of halogens is 1. The van der Waals surface area contributed by atoms with Crippen LogP contribution in [0.1, 0.15) is 20.8 Å². The lowest BCUT2D eigenvalue weighted by Crippen LogP contribution is -2.29. The largest absolute Gasteiger partial charge is 0.464 e. The van der Waals surface area contributed by atoms with Gasteiger partial charge in [0, 0.05) is 18.3 Å². The average Bonchev–Trinajstić information content (AvgIpc) is 1.60. The van der Waals surface area contributed by atoms with Crippen molar-refractivity contribution in [1.29, 1.82) is 0 Å². The summed E-state index contributed by atoms with van der Waals surface area (Å²) in [7, 11) is 0. The first-order valence-corrected chi connectivity index (χ1v) is 3.33. The Labute approximate surface area is 65.7 Å². The quantitative estimate of drug-likeness (QED) is 0.605. The topological polar surface area (TPSA) is 40.5 Å². The molecule has 0 aliphatic rings. The highest BCUT2D eigenvalue weighted by atomic mass is 35.5. The second kappa shape index (κ2) is 3.10. The monoisotopic (exact) mass is 165 g/mol. The summed E-state index contributed by atoms with van der Waals surface area (Å²) in [6.07, 6.45) is -1.10. The zero-order chi connectivity index (χ0) is 8.36. The molecule has 0 fully saturated rings. The van der Waals surface area contributed by atoms with Crippen molar-refractivity contribution in [3.8, 4) is 0 Å². The summed E-state index contributed by atoms with van der Waals surface area (Å²) in [6, 6.07) is 0. The van der Waals surface area contributed by atoms with Crippen molar-refractivity contribution in [2.75, 3.05) is 6.54 Å². The third-order valence-corrected chi connectivity index (χ3v) is 1.08. The minimum absolute atomic E-state index is 0.0832. The number of amides is 1. The Morgan fingerprint density at radius 2 is 2.00 bits per heavy atom. The Morgan fingerprint density at radius 1 is 1.60 bits per heavy atom. The molecular formula is C6H12ClNO2. The van der Waals surface area contributed by atoms with E-state index < -0.39 is 6.09 Å². The molecule has 0 aliphatic heterocycles. The summed E-state index contributed by atoms with van der Waals surface area (Å²) < 4.78 is 0.764. The molecule has 0 saturated heterocycles. The van der Waals surface area contributed by atoms with Crippen molar-refractivity contribution >= 4 is 17.9 Å². The van der Waals surface area contributed by atoms with Crippen molar-refractivity contribution in [2.45, 2.75) is 20.8 Å². The molecule has 0 rings (SSSR count). The standard InChI is InChI=1S/C6H12ClNO2/c1-6(2,3)4-8(7)5(9)10/h4H2,1-3H3,(H,9,10). The van der Waals surface area contributed by atoms with Crippen LogP contribution in [0.2, 0.25) is 0 Å². The Bertz CT molecular complexity index is 130. The molecule has 3 nitrogen and oxygen atoms in total. The van der Waals surface area contributed by atoms with Crippen molar-refractivity contribution in [3.63, 3.8) is 0 Å². The maximum Gasteiger partial charge on any atom is 0.422 e. The second-order valence-electron chi connectivity index (χ2n) is 3.36. The molecule has 0 aromatic carbocycles. The van der Waals surface area contributed by atoms with Gasteiger partial charge in [0.25, 0.3) is 0 Å². The van der Waals surface area contributed by atoms with Gasteiger partial charge in [-0.3, -0.25) is 0 Å². The smallest absolute Gasteiger partial charge is 0.422 e. The van der Waals surface area contributed by atoms with E-state index in [0.717, 1.165) is 4.42 Å². The molecule has 0 aliphatic carbocycles. The first-order valence-electron chi connectivity index (χ1n) is 2.99. The Morgan fingerprint density at radius 3 is 2.10 bits per heavy atom. The fourth-order valence-electron chi connectivity index (χ4n) is 0.484. The molecule has 10 heavy (non-hydrogen) atoms. The van der Waals surface area contributed by atoms with Gasteiger partial charge in [0.15, 0.2) is 0 Å². The third-order valence-electron chi connectivity index (χ3n) is 0.821. The number of hydrogen-bond acceptors (Lipinski definition) is 1. The van der Waals surface area contributed by atoms with Gasteiger partial charge < -0.3 is 5.11 Å². The van der Waals surface area contributed by atoms with E-state index in [1.165, 1.54) is 0 Å². The SMILES string of the molecule is CC(C)(C)CN(Cl)C(=O)O. The van der Waals surface area contributed by atoms with E-state index in [9.17, 15) is 4.79 Å². The summed E-state index contributed by atoms with van der Waals surface area (Å²) in [4.78, 5) is 10.2. The highest BCUT2D eigenvalue weighted by molar-refractivity contribution is 6.19. The van der Waals surface area contributed by atoms with Crippen LogP contribution in [-0.2, 0) is 0 Å². The molecule has 0 radical (unpaired) electrons. The molecule has 0 unspecified atom stereocenters. The molecule has 60 valence electrons. The van der Waals surface area contributed by atoms with Gasteiger partial charge in [-0.2, -0.15) is 0 Å². The van der Waals surface area contributed by atoms with Crippen LogP contribution in [0.4, 0.5) is 4.79 Å². The van der Waals surface area contributed by atoms with Crippen LogP contribution in [0.3, 0.4) is 0 Å². The molecule has 0 spiro atoms. The van der Waals surface area contributed by atoms with Gasteiger partial charge in [-0.05, 0) is 5.41 Å². The second-order valence-corrected chi connectivity index (χ2v) is 3.77. The van der Waals surface area contributed by atoms with Gasteiger partial charge in [0.2, 0.25) is 0 Å². The van der Waals surface area contributed by atoms with Crippen LogP contribution >= 0.6 is 11.8 Å². The van der Waals surface area contributed by atoms with Crippen molar-refractivity contribution in [3.05, 3.63) is 0 Å². The molecular weight excluding hydrogens is 154 g/mol. The lowest BCUT2D eigenvalue weighted by molar-refractivity contribution is 0.162. The lowest BCUT2D eigenvalue weighted by atomic mass is 9.97. The number of rotatable bonds is 1. The minimum Gasteiger partial charge on any atom is -0.464 e. The number of hydrogen-bond donors (Lipinski definition) is 1. The molecule has 0 atom stereocenters. The van der Waals surface area contributed by atoms with Crippen LogP contribution in [0.15, 0.2) is 0 Å². The molecule has 0 aromatic heterocycles. The minimum atomic E-state index is -1.10. The Balaban J connectivity index is 3.80. The van der Waals surface area contributed by atoms with Gasteiger partial charge in [-0.25, -0.2) is 9.21 Å². The number of carboxylic acid groups (broad SMARTS) is 1. The summed E-state index contributed by atoms with van der Waals surface area (Å²) >= 11 is 5.33. The molecule has 1 amide bonds. The van der Waals surface area contributed by atoms with Gasteiger partial charge in [0.05, 0.1) is 0 Å². The van der Waals surface area contributed by atoms with E-state index in [0.29, 0.717) is 6.54 Å². The highest BCUT2D eigenvalue weighted by Gasteiger charge is 2.18. The maximum atomic E-state index is 10.2. The fourth-order valence-corrected chi connectivity index (χ4v) is 0.843. The van der Waals surface area contributed by atoms with E-state index in [1.807, 2.05) is 20.8 Å². The third kappa shape index (κ3) is 4.44. The van der Waals surface area contributed by atoms with Crippen LogP contribution in [0, 0.1) is 5.41 Å². The zero-order valence-electron chi connectivity index (χ0n) is 6.39. The zero-order valence-corrected chi connectivity index (χ0v) is 7.14. The normalized spacial score (nSPS) is 11.2. The fraction of sp³-hybridized carbons (Fsp3) is 0.833. The number of nitrogens with zero attached hydrogens (tertiary/aromatic N) is 1. The van der Waals surface area contributed by atoms with E-state index in [1.54, 1.807) is 0 Å². The Kier molecular flexibility index (Phi) is 2.96. The average molecular weight is 166 g/mol. The van der Waals surface area contributed by atoms with Crippen molar-refractivity contribution in [1.82, 2.24) is 4.42 Å². The van der Waals surface area contributed by atoms with E-state index in [2.05, 4.69) is 0 Å². The van der Waals surface area contributed by atoms with E-state index in [4.69, 9.17) is 16.9 Å². The van der Waals surface area contributed by atoms with Crippen LogP contribution in [0.25, 0.3) is 0 Å². The molecule has 4 heteroatoms. The number of carbonyl (C=O) groups is 1. The molecule has 0 heterocycles. The molecule has 0 bridgehead atoms. The van der Waals surface area contributed by atoms with Crippen LogP contribution in [0.5, 0.6) is 0 Å². The summed E-state index contributed by atoms with van der Waals surface area (Å²) in [5, 5.41) is 8.34. The van der Waals surface area contributed by atoms with E-state index in [-0.39, 0.29) is 5.41 Å². The van der Waals surface area contributed by atoms with Gasteiger partial charge >= 0.3 is 6.09 Å². The van der Waals surface area contributed by atoms with Gasteiger partial charge in [0.1, 0.15) is 0 Å². The van der Waals surface area contributed by atoms with Gasteiger partial charge in [-0.1, -0.05) is 20.8 Å². The summed E-state index contributed by atoms with van der Waals surface area (Å²) in [5.74, 6) is 0. The Hall–Kier alpha value is -0.440. The first-order chi connectivity index (χ1) is 4.33. The lowest BCUT2D eigenvalue weighted by Gasteiger charge is -2.21. The molecule has 0 saturated carbocycles. The predicted molar refractivity (Wildman–Crippen MR) is 40.0 cm³/mol. The van der Waals surface area contributed by atoms with Gasteiger partial charge in [-0.15, -0.1) is 0 Å². The maximum absolute atomic E-state index is 10.2. The van der Waals surface area contributed by atoms with E-state index >= 15 is 0 Å². The predicted octanol–water partition coefficient (Wildman–Crippen LogP) is 2.17. The molecule has 1 N–H and O–H groups in total. The van der Waals surface area contributed by atoms with Crippen LogP contribution < -0.4 is 0 Å².